The lowest BCUT2D eigenvalue weighted by Gasteiger charge is -2.07. The Hall–Kier alpha value is -1.63. The highest BCUT2D eigenvalue weighted by atomic mass is 35.5. The van der Waals surface area contributed by atoms with Gasteiger partial charge >= 0.3 is 0 Å². The fourth-order valence-corrected chi connectivity index (χ4v) is 3.59. The number of carbonyl (C=O) groups excluding carboxylic acids is 1. The van der Waals surface area contributed by atoms with Crippen molar-refractivity contribution >= 4 is 46.6 Å². The van der Waals surface area contributed by atoms with Crippen LogP contribution in [0.1, 0.15) is 12.0 Å². The van der Waals surface area contributed by atoms with Crippen LogP contribution in [-0.4, -0.2) is 18.5 Å². The van der Waals surface area contributed by atoms with Crippen molar-refractivity contribution < 1.29 is 18.7 Å². The molecule has 0 aliphatic carbocycles. The molecule has 0 aromatic heterocycles. The van der Waals surface area contributed by atoms with Crippen molar-refractivity contribution in [3.63, 3.8) is 0 Å². The third kappa shape index (κ3) is 4.71. The Bertz CT molecular complexity index is 804. The lowest BCUT2D eigenvalue weighted by molar-refractivity contribution is -0.115. The zero-order valence-electron chi connectivity index (χ0n) is 13.0. The summed E-state index contributed by atoms with van der Waals surface area (Å²) in [5, 5.41) is 3.34. The van der Waals surface area contributed by atoms with Gasteiger partial charge in [0.1, 0.15) is 5.82 Å². The number of fused-ring (bicyclic) bond motifs is 1. The lowest BCUT2D eigenvalue weighted by Crippen LogP contribution is -2.13. The van der Waals surface area contributed by atoms with Crippen LogP contribution < -0.4 is 14.8 Å². The van der Waals surface area contributed by atoms with Crippen molar-refractivity contribution in [2.45, 2.75) is 12.2 Å². The van der Waals surface area contributed by atoms with Crippen LogP contribution in [0.25, 0.3) is 0 Å². The molecule has 1 N–H and O–H groups in total. The highest BCUT2D eigenvalue weighted by molar-refractivity contribution is 7.98. The van der Waals surface area contributed by atoms with E-state index in [1.807, 2.05) is 12.1 Å². The normalized spacial score (nSPS) is 12.3. The second-order valence-electron chi connectivity index (χ2n) is 5.29. The number of thioether (sulfide) groups is 1. The van der Waals surface area contributed by atoms with E-state index in [1.165, 1.54) is 12.1 Å². The minimum atomic E-state index is -0.552. The predicted octanol–water partition coefficient (Wildman–Crippen LogP) is 5.12. The smallest absolute Gasteiger partial charge is 0.231 e. The van der Waals surface area contributed by atoms with Gasteiger partial charge in [-0.25, -0.2) is 4.39 Å². The molecule has 1 aliphatic heterocycles. The molecular formula is C17H14Cl2FNO3S. The molecule has 0 spiro atoms. The topological polar surface area (TPSA) is 47.6 Å². The molecule has 0 saturated heterocycles. The van der Waals surface area contributed by atoms with Gasteiger partial charge in [-0.3, -0.25) is 4.79 Å². The molecule has 0 atom stereocenters. The van der Waals surface area contributed by atoms with E-state index in [0.717, 1.165) is 11.6 Å². The molecule has 25 heavy (non-hydrogen) atoms. The molecule has 0 saturated carbocycles. The maximum absolute atomic E-state index is 13.6. The van der Waals surface area contributed by atoms with Gasteiger partial charge in [-0.2, -0.15) is 11.8 Å². The number of nitrogens with one attached hydrogen (secondary N) is 1. The summed E-state index contributed by atoms with van der Waals surface area (Å²) in [5.41, 5.74) is 1.12. The predicted molar refractivity (Wildman–Crippen MR) is 98.4 cm³/mol. The molecule has 8 heteroatoms. The van der Waals surface area contributed by atoms with E-state index in [9.17, 15) is 9.18 Å². The number of hydrogen-bond acceptors (Lipinski definition) is 4. The zero-order chi connectivity index (χ0) is 17.8. The summed E-state index contributed by atoms with van der Waals surface area (Å²) in [4.78, 5) is 11.9. The Balaban J connectivity index is 1.45. The molecule has 0 radical (unpaired) electrons. The molecule has 0 unspecified atom stereocenters. The molecule has 2 aromatic carbocycles. The Kier molecular flexibility index (Phi) is 5.93. The van der Waals surface area contributed by atoms with Crippen LogP contribution in [0.5, 0.6) is 11.5 Å². The van der Waals surface area contributed by atoms with Crippen LogP contribution in [-0.2, 0) is 10.5 Å². The van der Waals surface area contributed by atoms with Crippen molar-refractivity contribution in [3.8, 4) is 11.5 Å². The number of carbonyl (C=O) groups is 1. The number of amides is 1. The Labute approximate surface area is 158 Å². The van der Waals surface area contributed by atoms with Gasteiger partial charge in [-0.15, -0.1) is 0 Å². The van der Waals surface area contributed by atoms with E-state index in [4.69, 9.17) is 32.7 Å². The van der Waals surface area contributed by atoms with E-state index >= 15 is 0 Å². The first-order valence-electron chi connectivity index (χ1n) is 7.43. The van der Waals surface area contributed by atoms with E-state index in [0.29, 0.717) is 28.0 Å². The molecule has 132 valence electrons. The third-order valence-corrected chi connectivity index (χ3v) is 4.98. The number of ether oxygens (including phenoxy) is 2. The third-order valence-electron chi connectivity index (χ3n) is 3.43. The number of halogens is 3. The van der Waals surface area contributed by atoms with Gasteiger partial charge in [0.25, 0.3) is 0 Å². The first kappa shape index (κ1) is 18.2. The summed E-state index contributed by atoms with van der Waals surface area (Å²) in [6.45, 7) is 0.174. The van der Waals surface area contributed by atoms with Gasteiger partial charge in [0.15, 0.2) is 11.5 Å². The van der Waals surface area contributed by atoms with E-state index < -0.39 is 5.82 Å². The van der Waals surface area contributed by atoms with Crippen LogP contribution in [0.15, 0.2) is 30.3 Å². The number of anilines is 1. The molecule has 0 fully saturated rings. The number of rotatable bonds is 6. The molecule has 4 nitrogen and oxygen atoms in total. The molecule has 1 heterocycles. The lowest BCUT2D eigenvalue weighted by atomic mass is 10.2. The minimum absolute atomic E-state index is 0.127. The minimum Gasteiger partial charge on any atom is -0.454 e. The van der Waals surface area contributed by atoms with Gasteiger partial charge in [-0.1, -0.05) is 23.2 Å². The molecule has 3 rings (SSSR count). The molecule has 2 aromatic rings. The van der Waals surface area contributed by atoms with Crippen molar-refractivity contribution in [3.05, 3.63) is 51.8 Å². The van der Waals surface area contributed by atoms with Gasteiger partial charge in [0.2, 0.25) is 12.7 Å². The maximum atomic E-state index is 13.6. The highest BCUT2D eigenvalue weighted by Gasteiger charge is 2.18. The van der Waals surface area contributed by atoms with Crippen LogP contribution >= 0.6 is 35.0 Å². The van der Waals surface area contributed by atoms with Crippen molar-refractivity contribution in [1.29, 1.82) is 0 Å². The van der Waals surface area contributed by atoms with Crippen LogP contribution in [0.2, 0.25) is 10.0 Å². The van der Waals surface area contributed by atoms with Crippen LogP contribution in [0, 0.1) is 5.82 Å². The molecule has 1 aliphatic rings. The van der Waals surface area contributed by atoms with Crippen molar-refractivity contribution in [1.82, 2.24) is 0 Å². The SMILES string of the molecule is O=C(CCSCc1cc(Cl)c2c(c1)OCO2)Nc1ccc(Cl)cc1F. The summed E-state index contributed by atoms with van der Waals surface area (Å²) in [5.74, 6) is 1.67. The Morgan fingerprint density at radius 1 is 1.24 bits per heavy atom. The summed E-state index contributed by atoms with van der Waals surface area (Å²) in [6.07, 6.45) is 0.269. The molecule has 1 amide bonds. The first-order valence-corrected chi connectivity index (χ1v) is 9.34. The Morgan fingerprint density at radius 2 is 2.08 bits per heavy atom. The largest absolute Gasteiger partial charge is 0.454 e. The van der Waals surface area contributed by atoms with Gasteiger partial charge < -0.3 is 14.8 Å². The van der Waals surface area contributed by atoms with Gasteiger partial charge in [0, 0.05) is 22.9 Å². The fourth-order valence-electron chi connectivity index (χ4n) is 2.26. The summed E-state index contributed by atoms with van der Waals surface area (Å²) < 4.78 is 24.2. The van der Waals surface area contributed by atoms with E-state index in [1.54, 1.807) is 11.8 Å². The first-order chi connectivity index (χ1) is 12.0. The van der Waals surface area contributed by atoms with E-state index in [-0.39, 0.29) is 29.8 Å². The quantitative estimate of drug-likeness (QED) is 0.682. The van der Waals surface area contributed by atoms with Crippen LogP contribution in [0.3, 0.4) is 0 Å². The van der Waals surface area contributed by atoms with Crippen LogP contribution in [0.4, 0.5) is 10.1 Å². The monoisotopic (exact) mass is 401 g/mol. The summed E-state index contributed by atoms with van der Waals surface area (Å²) in [6, 6.07) is 7.83. The number of hydrogen-bond donors (Lipinski definition) is 1. The summed E-state index contributed by atoms with van der Waals surface area (Å²) >= 11 is 13.4. The Morgan fingerprint density at radius 3 is 2.88 bits per heavy atom. The average molecular weight is 402 g/mol. The molecule has 0 bridgehead atoms. The second-order valence-corrected chi connectivity index (χ2v) is 7.24. The average Bonchev–Trinajstić information content (AvgIpc) is 3.03. The molecular weight excluding hydrogens is 388 g/mol. The van der Waals surface area contributed by atoms with Crippen molar-refractivity contribution in [2.75, 3.05) is 17.9 Å². The maximum Gasteiger partial charge on any atom is 0.231 e. The standard InChI is InChI=1S/C17H14Cl2FNO3S/c18-11-1-2-14(13(20)7-11)21-16(22)3-4-25-8-10-5-12(19)17-15(6-10)23-9-24-17/h1-2,5-7H,3-4,8-9H2,(H,21,22). The van der Waals surface area contributed by atoms with Crippen molar-refractivity contribution in [2.24, 2.45) is 0 Å². The van der Waals surface area contributed by atoms with E-state index in [2.05, 4.69) is 5.32 Å². The zero-order valence-corrected chi connectivity index (χ0v) is 15.3. The second kappa shape index (κ2) is 8.17. The summed E-state index contributed by atoms with van der Waals surface area (Å²) in [7, 11) is 0. The van der Waals surface area contributed by atoms with Gasteiger partial charge in [-0.05, 0) is 35.9 Å². The highest BCUT2D eigenvalue weighted by Crippen LogP contribution is 2.40. The van der Waals surface area contributed by atoms with Gasteiger partial charge in [0.05, 0.1) is 10.7 Å². The number of benzene rings is 2. The fraction of sp³-hybridized carbons (Fsp3) is 0.235.